The first-order chi connectivity index (χ1) is 10.0. The topological polar surface area (TPSA) is 96.9 Å². The number of methoxy groups -OCH3 is 1. The van der Waals surface area contributed by atoms with E-state index in [4.69, 9.17) is 26.8 Å². The van der Waals surface area contributed by atoms with Crippen LogP contribution in [0, 0.1) is 0 Å². The van der Waals surface area contributed by atoms with Crippen molar-refractivity contribution in [1.82, 2.24) is 10.6 Å². The summed E-state index contributed by atoms with van der Waals surface area (Å²) in [5.41, 5.74) is 0.830. The minimum atomic E-state index is -1.09. The molecule has 1 saturated heterocycles. The lowest BCUT2D eigenvalue weighted by atomic mass is 10.1. The van der Waals surface area contributed by atoms with Crippen molar-refractivity contribution in [3.05, 3.63) is 29.5 Å². The molecule has 0 radical (unpaired) electrons. The van der Waals surface area contributed by atoms with Crippen molar-refractivity contribution in [2.75, 3.05) is 13.7 Å². The van der Waals surface area contributed by atoms with E-state index in [-0.39, 0.29) is 22.5 Å². The predicted molar refractivity (Wildman–Crippen MR) is 78.0 cm³/mol. The average molecular weight is 308 g/mol. The van der Waals surface area contributed by atoms with E-state index in [1.807, 2.05) is 0 Å². The number of carbonyl (C=O) groups is 2. The van der Waals surface area contributed by atoms with Crippen molar-refractivity contribution in [1.29, 1.82) is 0 Å². The summed E-state index contributed by atoms with van der Waals surface area (Å²) in [4.78, 5) is 22.2. The van der Waals surface area contributed by atoms with Gasteiger partial charge in [-0.05, 0) is 24.4 Å². The molecule has 0 spiro atoms. The monoisotopic (exact) mass is 308 g/mol. The van der Waals surface area contributed by atoms with Crippen molar-refractivity contribution in [2.45, 2.75) is 0 Å². The molecule has 0 bridgehead atoms. The second-order valence-electron chi connectivity index (χ2n) is 4.03. The minimum Gasteiger partial charge on any atom is -0.492 e. The van der Waals surface area contributed by atoms with Gasteiger partial charge in [0.15, 0.2) is 23.2 Å². The smallest absolute Gasteiger partial charge is 0.341 e. The summed E-state index contributed by atoms with van der Waals surface area (Å²) < 4.78 is 10.4. The summed E-state index contributed by atoms with van der Waals surface area (Å²) in [6.07, 6.45) is 1.54. The molecule has 1 amide bonds. The second-order valence-corrected chi connectivity index (χ2v) is 4.44. The third-order valence-electron chi connectivity index (χ3n) is 2.58. The van der Waals surface area contributed by atoms with Crippen LogP contribution >= 0.6 is 12.2 Å². The van der Waals surface area contributed by atoms with Gasteiger partial charge in [0.05, 0.1) is 7.11 Å². The molecule has 8 heteroatoms. The Morgan fingerprint density at radius 1 is 1.43 bits per heavy atom. The molecule has 0 atom stereocenters. The van der Waals surface area contributed by atoms with E-state index >= 15 is 0 Å². The Hall–Kier alpha value is -2.61. The highest BCUT2D eigenvalue weighted by Crippen LogP contribution is 2.32. The van der Waals surface area contributed by atoms with Gasteiger partial charge in [-0.2, -0.15) is 0 Å². The minimum absolute atomic E-state index is 0.225. The molecule has 0 saturated carbocycles. The number of carboxylic acids is 1. The molecule has 21 heavy (non-hydrogen) atoms. The van der Waals surface area contributed by atoms with Crippen LogP contribution in [0.15, 0.2) is 23.9 Å². The number of amides is 1. The molecule has 0 aliphatic carbocycles. The molecule has 110 valence electrons. The van der Waals surface area contributed by atoms with Crippen molar-refractivity contribution in [3.8, 4) is 11.5 Å². The molecule has 1 aliphatic rings. The zero-order valence-electron chi connectivity index (χ0n) is 11.0. The summed E-state index contributed by atoms with van der Waals surface area (Å²) in [6, 6.07) is 4.95. The number of carboxylic acid groups (broad SMARTS) is 1. The number of ether oxygens (including phenoxy) is 2. The number of hydrogen-bond donors (Lipinski definition) is 3. The van der Waals surface area contributed by atoms with Crippen molar-refractivity contribution in [3.63, 3.8) is 0 Å². The van der Waals surface area contributed by atoms with E-state index < -0.39 is 12.6 Å². The van der Waals surface area contributed by atoms with Crippen molar-refractivity contribution in [2.24, 2.45) is 0 Å². The van der Waals surface area contributed by atoms with Gasteiger partial charge >= 0.3 is 5.97 Å². The van der Waals surface area contributed by atoms with Gasteiger partial charge < -0.3 is 19.9 Å². The van der Waals surface area contributed by atoms with Crippen LogP contribution in [0.25, 0.3) is 6.08 Å². The van der Waals surface area contributed by atoms with Crippen molar-refractivity contribution >= 4 is 35.3 Å². The number of rotatable bonds is 5. The predicted octanol–water partition coefficient (Wildman–Crippen LogP) is 0.504. The van der Waals surface area contributed by atoms with E-state index in [9.17, 15) is 9.59 Å². The molecule has 2 rings (SSSR count). The third-order valence-corrected chi connectivity index (χ3v) is 2.79. The van der Waals surface area contributed by atoms with E-state index in [1.165, 1.54) is 7.11 Å². The van der Waals surface area contributed by atoms with Gasteiger partial charge in [0.1, 0.15) is 5.70 Å². The van der Waals surface area contributed by atoms with E-state index in [1.54, 1.807) is 24.3 Å². The first-order valence-corrected chi connectivity index (χ1v) is 6.27. The normalized spacial score (nSPS) is 15.6. The maximum absolute atomic E-state index is 11.6. The summed E-state index contributed by atoms with van der Waals surface area (Å²) in [7, 11) is 1.43. The number of carbonyl (C=O) groups excluding carboxylic acids is 1. The maximum Gasteiger partial charge on any atom is 0.341 e. The Balaban J connectivity index is 2.33. The largest absolute Gasteiger partial charge is 0.492 e. The van der Waals surface area contributed by atoms with Crippen LogP contribution in [0.3, 0.4) is 0 Å². The Morgan fingerprint density at radius 2 is 2.19 bits per heavy atom. The first kappa shape index (κ1) is 14.8. The molecule has 0 aromatic heterocycles. The first-order valence-electron chi connectivity index (χ1n) is 5.87. The lowest BCUT2D eigenvalue weighted by molar-refractivity contribution is -0.139. The van der Waals surface area contributed by atoms with Crippen LogP contribution in [0.1, 0.15) is 5.56 Å². The Kier molecular flexibility index (Phi) is 4.39. The third kappa shape index (κ3) is 3.48. The van der Waals surface area contributed by atoms with Gasteiger partial charge in [-0.15, -0.1) is 0 Å². The molecule has 7 nitrogen and oxygen atoms in total. The fraction of sp³-hybridized carbons (Fsp3) is 0.154. The Morgan fingerprint density at radius 3 is 2.76 bits per heavy atom. The number of aliphatic carboxylic acids is 1. The molecule has 3 N–H and O–H groups in total. The van der Waals surface area contributed by atoms with Crippen LogP contribution in [0.4, 0.5) is 0 Å². The van der Waals surface area contributed by atoms with Crippen LogP contribution in [0.5, 0.6) is 11.5 Å². The quantitative estimate of drug-likeness (QED) is 0.538. The Bertz CT molecular complexity index is 641. The molecule has 1 aromatic rings. The SMILES string of the molecule is COc1c(/C=C2\NC(=S)NC2=O)cccc1OCC(=O)O. The molecular formula is C13H12N2O5S. The Labute approximate surface area is 125 Å². The number of benzene rings is 1. The number of thiocarbonyl (C=S) groups is 1. The highest BCUT2D eigenvalue weighted by atomic mass is 32.1. The average Bonchev–Trinajstić information content (AvgIpc) is 2.74. The van der Waals surface area contributed by atoms with Gasteiger partial charge in [0.2, 0.25) is 0 Å². The standard InChI is InChI=1S/C13H12N2O5S/c1-19-11-7(5-8-12(18)15-13(21)14-8)3-2-4-9(11)20-6-10(16)17/h2-5H,6H2,1H3,(H,16,17)(H2,14,15,18,21)/b8-5-. The molecular weight excluding hydrogens is 296 g/mol. The fourth-order valence-corrected chi connectivity index (χ4v) is 1.96. The summed E-state index contributed by atoms with van der Waals surface area (Å²) >= 11 is 4.84. The number of nitrogens with one attached hydrogen (secondary N) is 2. The summed E-state index contributed by atoms with van der Waals surface area (Å²) in [5.74, 6) is -0.837. The van der Waals surface area contributed by atoms with Crippen LogP contribution < -0.4 is 20.1 Å². The number of hydrogen-bond acceptors (Lipinski definition) is 5. The fourth-order valence-electron chi connectivity index (χ4n) is 1.76. The van der Waals surface area contributed by atoms with Crippen LogP contribution in [-0.4, -0.2) is 35.8 Å². The lowest BCUT2D eigenvalue weighted by Crippen LogP contribution is -2.21. The van der Waals surface area contributed by atoms with Gasteiger partial charge in [-0.1, -0.05) is 12.1 Å². The molecule has 0 unspecified atom stereocenters. The van der Waals surface area contributed by atoms with E-state index in [0.29, 0.717) is 11.3 Å². The van der Waals surface area contributed by atoms with E-state index in [2.05, 4.69) is 10.6 Å². The highest BCUT2D eigenvalue weighted by Gasteiger charge is 2.21. The lowest BCUT2D eigenvalue weighted by Gasteiger charge is -2.11. The highest BCUT2D eigenvalue weighted by molar-refractivity contribution is 7.80. The van der Waals surface area contributed by atoms with Gasteiger partial charge in [0.25, 0.3) is 5.91 Å². The number of para-hydroxylation sites is 1. The zero-order chi connectivity index (χ0) is 15.4. The van der Waals surface area contributed by atoms with Gasteiger partial charge in [-0.25, -0.2) is 4.79 Å². The second kappa shape index (κ2) is 6.23. The maximum atomic E-state index is 11.6. The van der Waals surface area contributed by atoms with E-state index in [0.717, 1.165) is 0 Å². The van der Waals surface area contributed by atoms with Crippen molar-refractivity contribution < 1.29 is 24.2 Å². The molecule has 1 aliphatic heterocycles. The summed E-state index contributed by atoms with van der Waals surface area (Å²) in [6.45, 7) is -0.487. The molecule has 1 fully saturated rings. The van der Waals surface area contributed by atoms with Crippen LogP contribution in [-0.2, 0) is 9.59 Å². The molecule has 1 heterocycles. The summed E-state index contributed by atoms with van der Waals surface area (Å²) in [5, 5.41) is 14.0. The zero-order valence-corrected chi connectivity index (χ0v) is 11.8. The van der Waals surface area contributed by atoms with Crippen LogP contribution in [0.2, 0.25) is 0 Å². The van der Waals surface area contributed by atoms with Gasteiger partial charge in [0, 0.05) is 5.56 Å². The molecule has 1 aromatic carbocycles. The van der Waals surface area contributed by atoms with Gasteiger partial charge in [-0.3, -0.25) is 10.1 Å².